The van der Waals surface area contributed by atoms with E-state index in [-0.39, 0.29) is 5.97 Å². The van der Waals surface area contributed by atoms with E-state index < -0.39 is 0 Å². The molecule has 2 rings (SSSR count). The van der Waals surface area contributed by atoms with Gasteiger partial charge in [0.2, 0.25) is 0 Å². The summed E-state index contributed by atoms with van der Waals surface area (Å²) < 4.78 is 4.69. The summed E-state index contributed by atoms with van der Waals surface area (Å²) in [6.07, 6.45) is 1.94. The van der Waals surface area contributed by atoms with Crippen molar-refractivity contribution >= 4 is 16.9 Å². The number of nitrogens with one attached hydrogen (secondary N) is 1. The Kier molecular flexibility index (Phi) is 2.90. The van der Waals surface area contributed by atoms with Crippen molar-refractivity contribution in [3.63, 3.8) is 0 Å². The van der Waals surface area contributed by atoms with Crippen molar-refractivity contribution in [2.24, 2.45) is 0 Å². The van der Waals surface area contributed by atoms with Gasteiger partial charge in [-0.1, -0.05) is 13.3 Å². The van der Waals surface area contributed by atoms with Crippen molar-refractivity contribution in [3.8, 4) is 0 Å². The maximum Gasteiger partial charge on any atom is 0.337 e. The van der Waals surface area contributed by atoms with Gasteiger partial charge in [-0.15, -0.1) is 0 Å². The first kappa shape index (κ1) is 10.7. The van der Waals surface area contributed by atoms with Gasteiger partial charge in [0.1, 0.15) is 0 Å². The first-order chi connectivity index (χ1) is 7.76. The Balaban J connectivity index is 2.49. The lowest BCUT2D eigenvalue weighted by atomic mass is 10.1. The Morgan fingerprint density at radius 1 is 1.50 bits per heavy atom. The highest BCUT2D eigenvalue weighted by molar-refractivity contribution is 5.95. The van der Waals surface area contributed by atoms with Gasteiger partial charge in [0.15, 0.2) is 0 Å². The number of aromatic amines is 1. The first-order valence-corrected chi connectivity index (χ1v) is 5.31. The van der Waals surface area contributed by atoms with Crippen LogP contribution >= 0.6 is 0 Å². The number of fused-ring (bicyclic) bond motifs is 1. The third kappa shape index (κ3) is 1.78. The van der Waals surface area contributed by atoms with Crippen LogP contribution in [0.5, 0.6) is 0 Å². The third-order valence-electron chi connectivity index (χ3n) is 2.55. The molecule has 1 aromatic carbocycles. The number of rotatable bonds is 3. The Morgan fingerprint density at radius 2 is 2.31 bits per heavy atom. The Labute approximate surface area is 93.6 Å². The summed E-state index contributed by atoms with van der Waals surface area (Å²) in [5.74, 6) is -0.314. The summed E-state index contributed by atoms with van der Waals surface area (Å²) >= 11 is 0. The number of H-pyrrole nitrogens is 1. The van der Waals surface area contributed by atoms with Crippen LogP contribution < -0.4 is 0 Å². The summed E-state index contributed by atoms with van der Waals surface area (Å²) in [7, 11) is 1.38. The van der Waals surface area contributed by atoms with E-state index in [4.69, 9.17) is 4.74 Å². The lowest BCUT2D eigenvalue weighted by Gasteiger charge is -1.99. The molecule has 0 aliphatic carbocycles. The molecule has 0 atom stereocenters. The Morgan fingerprint density at radius 3 is 3.00 bits per heavy atom. The summed E-state index contributed by atoms with van der Waals surface area (Å²) in [5, 5.41) is 8.19. The Hall–Kier alpha value is -1.84. The zero-order valence-corrected chi connectivity index (χ0v) is 9.41. The predicted octanol–water partition coefficient (Wildman–Crippen LogP) is 2.30. The van der Waals surface area contributed by atoms with Gasteiger partial charge in [0.25, 0.3) is 0 Å². The molecule has 0 aliphatic heterocycles. The lowest BCUT2D eigenvalue weighted by molar-refractivity contribution is 0.0601. The standard InChI is InChI=1S/C12H14N2O2/c1-3-4-10-9-7-8(12(15)16-2)5-6-11(9)14-13-10/h5-7H,3-4H2,1-2H3,(H,13,14). The van der Waals surface area contributed by atoms with Crippen LogP contribution in [0, 0.1) is 0 Å². The monoisotopic (exact) mass is 218 g/mol. The summed E-state index contributed by atoms with van der Waals surface area (Å²) in [5.41, 5.74) is 2.52. The minimum absolute atomic E-state index is 0.314. The van der Waals surface area contributed by atoms with Crippen LogP contribution in [0.4, 0.5) is 0 Å². The second kappa shape index (κ2) is 4.35. The number of carbonyl (C=O) groups excluding carboxylic acids is 1. The third-order valence-corrected chi connectivity index (χ3v) is 2.55. The van der Waals surface area contributed by atoms with E-state index >= 15 is 0 Å². The highest BCUT2D eigenvalue weighted by Gasteiger charge is 2.10. The molecule has 16 heavy (non-hydrogen) atoms. The molecule has 84 valence electrons. The normalized spacial score (nSPS) is 10.6. The average Bonchev–Trinajstić information content (AvgIpc) is 2.71. The predicted molar refractivity (Wildman–Crippen MR) is 61.4 cm³/mol. The first-order valence-electron chi connectivity index (χ1n) is 5.31. The molecule has 0 saturated carbocycles. The number of hydrogen-bond acceptors (Lipinski definition) is 3. The number of benzene rings is 1. The molecule has 1 N–H and O–H groups in total. The van der Waals surface area contributed by atoms with Crippen LogP contribution in [-0.2, 0) is 11.2 Å². The number of methoxy groups -OCH3 is 1. The van der Waals surface area contributed by atoms with E-state index in [0.717, 1.165) is 29.4 Å². The number of aromatic nitrogens is 2. The van der Waals surface area contributed by atoms with Crippen molar-refractivity contribution in [3.05, 3.63) is 29.5 Å². The molecular weight excluding hydrogens is 204 g/mol. The van der Waals surface area contributed by atoms with Crippen LogP contribution in [0.25, 0.3) is 10.9 Å². The average molecular weight is 218 g/mol. The van der Waals surface area contributed by atoms with Crippen molar-refractivity contribution in [2.75, 3.05) is 7.11 Å². The fourth-order valence-corrected chi connectivity index (χ4v) is 1.74. The maximum absolute atomic E-state index is 11.4. The molecule has 0 bridgehead atoms. The SMILES string of the molecule is CCCc1n[nH]c2ccc(C(=O)OC)cc12. The molecule has 0 unspecified atom stereocenters. The van der Waals surface area contributed by atoms with Gasteiger partial charge in [-0.3, -0.25) is 5.10 Å². The van der Waals surface area contributed by atoms with Gasteiger partial charge < -0.3 is 4.74 Å². The lowest BCUT2D eigenvalue weighted by Crippen LogP contribution is -2.00. The molecule has 4 nitrogen and oxygen atoms in total. The van der Waals surface area contributed by atoms with Crippen molar-refractivity contribution in [2.45, 2.75) is 19.8 Å². The molecule has 0 aliphatic rings. The van der Waals surface area contributed by atoms with Crippen molar-refractivity contribution in [1.29, 1.82) is 0 Å². The Bertz CT molecular complexity index is 517. The van der Waals surface area contributed by atoms with E-state index in [1.54, 1.807) is 6.07 Å². The molecule has 0 spiro atoms. The number of ether oxygens (including phenoxy) is 1. The fourth-order valence-electron chi connectivity index (χ4n) is 1.74. The van der Waals surface area contributed by atoms with Gasteiger partial charge >= 0.3 is 5.97 Å². The fraction of sp³-hybridized carbons (Fsp3) is 0.333. The van der Waals surface area contributed by atoms with Crippen molar-refractivity contribution in [1.82, 2.24) is 10.2 Å². The van der Waals surface area contributed by atoms with Gasteiger partial charge in [-0.25, -0.2) is 4.79 Å². The number of nitrogens with zero attached hydrogens (tertiary/aromatic N) is 1. The summed E-state index contributed by atoms with van der Waals surface area (Å²) in [6, 6.07) is 5.42. The maximum atomic E-state index is 11.4. The van der Waals surface area contributed by atoms with Crippen LogP contribution in [0.3, 0.4) is 0 Å². The number of hydrogen-bond donors (Lipinski definition) is 1. The molecule has 4 heteroatoms. The second-order valence-electron chi connectivity index (χ2n) is 3.67. The minimum Gasteiger partial charge on any atom is -0.465 e. The van der Waals surface area contributed by atoms with E-state index in [0.29, 0.717) is 5.56 Å². The van der Waals surface area contributed by atoms with Crippen LogP contribution in [-0.4, -0.2) is 23.3 Å². The topological polar surface area (TPSA) is 55.0 Å². The minimum atomic E-state index is -0.314. The highest BCUT2D eigenvalue weighted by Crippen LogP contribution is 2.19. The van der Waals surface area contributed by atoms with Crippen molar-refractivity contribution < 1.29 is 9.53 Å². The van der Waals surface area contributed by atoms with E-state index in [1.807, 2.05) is 12.1 Å². The molecular formula is C12H14N2O2. The van der Waals surface area contributed by atoms with E-state index in [9.17, 15) is 4.79 Å². The van der Waals surface area contributed by atoms with Crippen LogP contribution in [0.15, 0.2) is 18.2 Å². The molecule has 0 radical (unpaired) electrons. The molecule has 1 heterocycles. The molecule has 0 fully saturated rings. The molecule has 1 aromatic heterocycles. The van der Waals surface area contributed by atoms with Crippen LogP contribution in [0.1, 0.15) is 29.4 Å². The zero-order valence-electron chi connectivity index (χ0n) is 9.41. The van der Waals surface area contributed by atoms with Gasteiger partial charge in [0, 0.05) is 5.39 Å². The quantitative estimate of drug-likeness (QED) is 0.804. The number of esters is 1. The largest absolute Gasteiger partial charge is 0.465 e. The molecule has 0 amide bonds. The summed E-state index contributed by atoms with van der Waals surface area (Å²) in [4.78, 5) is 11.4. The second-order valence-corrected chi connectivity index (χ2v) is 3.67. The molecule has 2 aromatic rings. The number of aryl methyl sites for hydroxylation is 1. The van der Waals surface area contributed by atoms with Crippen LogP contribution in [0.2, 0.25) is 0 Å². The van der Waals surface area contributed by atoms with E-state index in [2.05, 4.69) is 17.1 Å². The molecule has 0 saturated heterocycles. The highest BCUT2D eigenvalue weighted by atomic mass is 16.5. The summed E-state index contributed by atoms with van der Waals surface area (Å²) in [6.45, 7) is 2.10. The van der Waals surface area contributed by atoms with Gasteiger partial charge in [0.05, 0.1) is 23.9 Å². The smallest absolute Gasteiger partial charge is 0.337 e. The van der Waals surface area contributed by atoms with E-state index in [1.165, 1.54) is 7.11 Å². The van der Waals surface area contributed by atoms with Gasteiger partial charge in [-0.05, 0) is 24.6 Å². The van der Waals surface area contributed by atoms with Gasteiger partial charge in [-0.2, -0.15) is 5.10 Å². The number of carbonyl (C=O) groups is 1. The zero-order chi connectivity index (χ0) is 11.5.